The van der Waals surface area contributed by atoms with Crippen molar-refractivity contribution < 1.29 is 0 Å². The van der Waals surface area contributed by atoms with E-state index >= 15 is 0 Å². The minimum atomic E-state index is 0.350. The molecule has 1 atom stereocenters. The summed E-state index contributed by atoms with van der Waals surface area (Å²) < 4.78 is 0. The molecule has 0 aromatic carbocycles. The van der Waals surface area contributed by atoms with E-state index in [1.807, 2.05) is 6.07 Å². The Kier molecular flexibility index (Phi) is 3.67. The number of hydrogen-bond donors (Lipinski definition) is 2. The molecule has 2 heterocycles. The molecule has 1 saturated heterocycles. The summed E-state index contributed by atoms with van der Waals surface area (Å²) in [5.41, 5.74) is 0.350. The Morgan fingerprint density at radius 2 is 2.44 bits per heavy atom. The van der Waals surface area contributed by atoms with Crippen LogP contribution in [0.2, 0.25) is 0 Å². The highest BCUT2D eigenvalue weighted by Gasteiger charge is 2.12. The van der Waals surface area contributed by atoms with Gasteiger partial charge >= 0.3 is 0 Å². The lowest BCUT2D eigenvalue weighted by molar-refractivity contribution is 0.574. The summed E-state index contributed by atoms with van der Waals surface area (Å²) in [6.07, 6.45) is 6.72. The Balaban J connectivity index is 1.74. The van der Waals surface area contributed by atoms with Crippen molar-refractivity contribution in [3.05, 3.63) is 18.1 Å². The highest BCUT2D eigenvalue weighted by molar-refractivity contribution is 5.32. The van der Waals surface area contributed by atoms with Crippen LogP contribution in [0.4, 0.5) is 5.82 Å². The Bertz CT molecular complexity index is 361. The van der Waals surface area contributed by atoms with Crippen molar-refractivity contribution in [1.82, 2.24) is 15.3 Å². The second-order valence-electron chi connectivity index (χ2n) is 3.91. The molecule has 5 nitrogen and oxygen atoms in total. The molecule has 0 aliphatic carbocycles. The quantitative estimate of drug-likeness (QED) is 0.784. The summed E-state index contributed by atoms with van der Waals surface area (Å²) in [6, 6.07) is 2.58. The second-order valence-corrected chi connectivity index (χ2v) is 3.91. The standard InChI is InChI=1S/C11H15N5/c12-6-10-7-16-11(8-15-10)14-5-3-9-2-1-4-13-9/h7-9,13H,1-5H2,(H,14,16). The fraction of sp³-hybridized carbons (Fsp3) is 0.545. The number of rotatable bonds is 4. The zero-order valence-corrected chi connectivity index (χ0v) is 9.11. The maximum absolute atomic E-state index is 8.57. The molecule has 2 N–H and O–H groups in total. The predicted molar refractivity (Wildman–Crippen MR) is 60.9 cm³/mol. The molecule has 1 aliphatic rings. The first kappa shape index (κ1) is 10.8. The van der Waals surface area contributed by atoms with E-state index in [0.717, 1.165) is 25.3 Å². The minimum Gasteiger partial charge on any atom is -0.369 e. The van der Waals surface area contributed by atoms with Crippen molar-refractivity contribution in [3.63, 3.8) is 0 Å². The van der Waals surface area contributed by atoms with E-state index < -0.39 is 0 Å². The molecule has 1 aromatic rings. The molecule has 1 unspecified atom stereocenters. The van der Waals surface area contributed by atoms with Gasteiger partial charge in [0, 0.05) is 12.6 Å². The molecule has 16 heavy (non-hydrogen) atoms. The van der Waals surface area contributed by atoms with Gasteiger partial charge in [-0.25, -0.2) is 9.97 Å². The highest BCUT2D eigenvalue weighted by atomic mass is 15.0. The van der Waals surface area contributed by atoms with Crippen molar-refractivity contribution >= 4 is 5.82 Å². The SMILES string of the molecule is N#Cc1cnc(NCCC2CCCN2)cn1. The van der Waals surface area contributed by atoms with Crippen LogP contribution in [0.1, 0.15) is 25.0 Å². The average molecular weight is 217 g/mol. The molecule has 2 rings (SSSR count). The molecule has 0 bridgehead atoms. The molecule has 1 aromatic heterocycles. The molecular weight excluding hydrogens is 202 g/mol. The van der Waals surface area contributed by atoms with E-state index in [1.165, 1.54) is 19.0 Å². The lowest BCUT2D eigenvalue weighted by Crippen LogP contribution is -2.24. The molecule has 0 radical (unpaired) electrons. The summed E-state index contributed by atoms with van der Waals surface area (Å²) in [6.45, 7) is 2.03. The largest absolute Gasteiger partial charge is 0.369 e. The summed E-state index contributed by atoms with van der Waals surface area (Å²) in [5.74, 6) is 0.733. The van der Waals surface area contributed by atoms with Gasteiger partial charge in [0.05, 0.1) is 12.4 Å². The summed E-state index contributed by atoms with van der Waals surface area (Å²) >= 11 is 0. The normalized spacial score (nSPS) is 19.3. The second kappa shape index (κ2) is 5.42. The van der Waals surface area contributed by atoms with Crippen molar-refractivity contribution in [1.29, 1.82) is 5.26 Å². The molecule has 1 aliphatic heterocycles. The first-order valence-electron chi connectivity index (χ1n) is 5.58. The average Bonchev–Trinajstić information content (AvgIpc) is 2.83. The lowest BCUT2D eigenvalue weighted by atomic mass is 10.1. The summed E-state index contributed by atoms with van der Waals surface area (Å²) in [7, 11) is 0. The van der Waals surface area contributed by atoms with Crippen LogP contribution < -0.4 is 10.6 Å². The van der Waals surface area contributed by atoms with Crippen LogP contribution in [0.25, 0.3) is 0 Å². The Labute approximate surface area is 94.9 Å². The Hall–Kier alpha value is -1.67. The number of anilines is 1. The Morgan fingerprint density at radius 3 is 3.06 bits per heavy atom. The monoisotopic (exact) mass is 217 g/mol. The van der Waals surface area contributed by atoms with Crippen LogP contribution >= 0.6 is 0 Å². The van der Waals surface area contributed by atoms with Gasteiger partial charge in [-0.2, -0.15) is 5.26 Å². The van der Waals surface area contributed by atoms with Gasteiger partial charge in [0.25, 0.3) is 0 Å². The molecule has 0 amide bonds. The van der Waals surface area contributed by atoms with Crippen LogP contribution in [0.5, 0.6) is 0 Å². The van der Waals surface area contributed by atoms with Crippen molar-refractivity contribution in [3.8, 4) is 6.07 Å². The Morgan fingerprint density at radius 1 is 1.50 bits per heavy atom. The van der Waals surface area contributed by atoms with Crippen LogP contribution in [-0.4, -0.2) is 29.1 Å². The molecule has 0 saturated carbocycles. The predicted octanol–water partition coefficient (Wildman–Crippen LogP) is 0.902. The third-order valence-electron chi connectivity index (χ3n) is 2.73. The summed E-state index contributed by atoms with van der Waals surface area (Å²) in [4.78, 5) is 8.04. The van der Waals surface area contributed by atoms with Gasteiger partial charge in [-0.3, -0.25) is 0 Å². The lowest BCUT2D eigenvalue weighted by Gasteiger charge is -2.10. The van der Waals surface area contributed by atoms with Gasteiger partial charge in [0.15, 0.2) is 5.69 Å². The van der Waals surface area contributed by atoms with Crippen LogP contribution in [0, 0.1) is 11.3 Å². The van der Waals surface area contributed by atoms with Gasteiger partial charge in [-0.15, -0.1) is 0 Å². The van der Waals surface area contributed by atoms with Crippen molar-refractivity contribution in [2.75, 3.05) is 18.4 Å². The maximum atomic E-state index is 8.57. The minimum absolute atomic E-state index is 0.350. The van der Waals surface area contributed by atoms with Gasteiger partial charge in [-0.1, -0.05) is 0 Å². The van der Waals surface area contributed by atoms with Crippen LogP contribution in [0.3, 0.4) is 0 Å². The maximum Gasteiger partial charge on any atom is 0.158 e. The zero-order chi connectivity index (χ0) is 11.2. The molecule has 0 spiro atoms. The topological polar surface area (TPSA) is 73.6 Å². The van der Waals surface area contributed by atoms with E-state index in [2.05, 4.69) is 20.6 Å². The third kappa shape index (κ3) is 2.91. The molecule has 1 fully saturated rings. The number of nitrogens with zero attached hydrogens (tertiary/aromatic N) is 3. The van der Waals surface area contributed by atoms with Crippen LogP contribution in [0.15, 0.2) is 12.4 Å². The summed E-state index contributed by atoms with van der Waals surface area (Å²) in [5, 5.41) is 15.2. The van der Waals surface area contributed by atoms with Crippen LogP contribution in [-0.2, 0) is 0 Å². The fourth-order valence-corrected chi connectivity index (χ4v) is 1.85. The third-order valence-corrected chi connectivity index (χ3v) is 2.73. The van der Waals surface area contributed by atoms with Gasteiger partial charge < -0.3 is 10.6 Å². The smallest absolute Gasteiger partial charge is 0.158 e. The number of nitrogens with one attached hydrogen (secondary N) is 2. The van der Waals surface area contributed by atoms with Gasteiger partial charge in [0.2, 0.25) is 0 Å². The van der Waals surface area contributed by atoms with E-state index in [4.69, 9.17) is 5.26 Å². The van der Waals surface area contributed by atoms with E-state index in [0.29, 0.717) is 11.7 Å². The zero-order valence-electron chi connectivity index (χ0n) is 9.11. The van der Waals surface area contributed by atoms with Crippen molar-refractivity contribution in [2.24, 2.45) is 0 Å². The molecule has 5 heteroatoms. The number of hydrogen-bond acceptors (Lipinski definition) is 5. The highest BCUT2D eigenvalue weighted by Crippen LogP contribution is 2.09. The first-order chi connectivity index (χ1) is 7.88. The van der Waals surface area contributed by atoms with E-state index in [-0.39, 0.29) is 0 Å². The van der Waals surface area contributed by atoms with E-state index in [9.17, 15) is 0 Å². The van der Waals surface area contributed by atoms with Gasteiger partial charge in [0.1, 0.15) is 11.9 Å². The van der Waals surface area contributed by atoms with Gasteiger partial charge in [-0.05, 0) is 25.8 Å². The molecular formula is C11H15N5. The number of aromatic nitrogens is 2. The van der Waals surface area contributed by atoms with E-state index in [1.54, 1.807) is 6.20 Å². The number of nitriles is 1. The fourth-order valence-electron chi connectivity index (χ4n) is 1.85. The first-order valence-corrected chi connectivity index (χ1v) is 5.58. The molecule has 84 valence electrons. The van der Waals surface area contributed by atoms with Crippen molar-refractivity contribution in [2.45, 2.75) is 25.3 Å².